The van der Waals surface area contributed by atoms with E-state index in [1.54, 1.807) is 12.5 Å². The van der Waals surface area contributed by atoms with Crippen LogP contribution < -0.4 is 10.6 Å². The maximum absolute atomic E-state index is 12.2. The Kier molecular flexibility index (Phi) is 12.5. The lowest BCUT2D eigenvalue weighted by Crippen LogP contribution is -2.36. The molecule has 0 bridgehead atoms. The summed E-state index contributed by atoms with van der Waals surface area (Å²) in [6.45, 7) is 4.21. The van der Waals surface area contributed by atoms with Crippen molar-refractivity contribution in [2.75, 3.05) is 0 Å². The molecule has 3 atom stereocenters. The van der Waals surface area contributed by atoms with Crippen LogP contribution in [0.15, 0.2) is 12.5 Å². The summed E-state index contributed by atoms with van der Waals surface area (Å²) in [7, 11) is 0. The molecule has 1 saturated heterocycles. The van der Waals surface area contributed by atoms with Crippen LogP contribution in [0.3, 0.4) is 0 Å². The first-order valence-electron chi connectivity index (χ1n) is 13.3. The van der Waals surface area contributed by atoms with Crippen LogP contribution >= 0.6 is 0 Å². The van der Waals surface area contributed by atoms with E-state index < -0.39 is 11.5 Å². The van der Waals surface area contributed by atoms with Crippen LogP contribution in [-0.2, 0) is 16.0 Å². The summed E-state index contributed by atoms with van der Waals surface area (Å²) in [5.74, 6) is -0.791. The van der Waals surface area contributed by atoms with E-state index in [9.17, 15) is 14.7 Å². The number of aliphatic carboxylic acids is 1. The highest BCUT2D eigenvalue weighted by atomic mass is 16.4. The summed E-state index contributed by atoms with van der Waals surface area (Å²) >= 11 is 0. The molecule has 0 saturated carbocycles. The molecule has 1 amide bonds. The van der Waals surface area contributed by atoms with E-state index in [0.29, 0.717) is 19.3 Å². The summed E-state index contributed by atoms with van der Waals surface area (Å²) in [5.41, 5.74) is -0.241. The third-order valence-corrected chi connectivity index (χ3v) is 6.84. The van der Waals surface area contributed by atoms with Gasteiger partial charge in [-0.25, -0.2) is 4.98 Å². The van der Waals surface area contributed by atoms with Gasteiger partial charge in [-0.3, -0.25) is 14.9 Å². The van der Waals surface area contributed by atoms with E-state index in [4.69, 9.17) is 0 Å². The first-order valence-corrected chi connectivity index (χ1v) is 13.3. The van der Waals surface area contributed by atoms with Gasteiger partial charge >= 0.3 is 5.97 Å². The van der Waals surface area contributed by atoms with Crippen LogP contribution in [-0.4, -0.2) is 44.6 Å². The van der Waals surface area contributed by atoms with Crippen LogP contribution in [0.2, 0.25) is 0 Å². The average molecular weight is 463 g/mol. The Morgan fingerprint density at radius 2 is 1.61 bits per heavy atom. The van der Waals surface area contributed by atoms with Gasteiger partial charge in [-0.1, -0.05) is 84.0 Å². The number of hydrogen-bond donors (Lipinski definition) is 4. The fourth-order valence-electron chi connectivity index (χ4n) is 4.73. The fraction of sp³-hybridized carbons (Fsp3) is 0.808. The van der Waals surface area contributed by atoms with Crippen molar-refractivity contribution in [1.29, 1.82) is 0 Å². The van der Waals surface area contributed by atoms with Gasteiger partial charge in [0.2, 0.25) is 5.91 Å². The van der Waals surface area contributed by atoms with Crippen molar-refractivity contribution < 1.29 is 14.7 Å². The maximum atomic E-state index is 12.2. The smallest absolute Gasteiger partial charge is 0.325 e. The molecular formula is C26H46N4O3. The fourth-order valence-corrected chi connectivity index (χ4v) is 4.73. The van der Waals surface area contributed by atoms with Crippen molar-refractivity contribution in [1.82, 2.24) is 20.6 Å². The van der Waals surface area contributed by atoms with E-state index in [-0.39, 0.29) is 18.0 Å². The number of carboxylic acid groups (broad SMARTS) is 1. The second-order valence-electron chi connectivity index (χ2n) is 9.91. The highest BCUT2D eigenvalue weighted by molar-refractivity contribution is 5.84. The van der Waals surface area contributed by atoms with Crippen molar-refractivity contribution in [3.63, 3.8) is 0 Å². The lowest BCUT2D eigenvalue weighted by Gasteiger charge is -2.15. The number of imidazole rings is 1. The molecule has 1 aliphatic heterocycles. The lowest BCUT2D eigenvalue weighted by molar-refractivity contribution is -0.140. The van der Waals surface area contributed by atoms with Crippen LogP contribution in [0.1, 0.15) is 116 Å². The molecule has 0 spiro atoms. The van der Waals surface area contributed by atoms with E-state index in [1.807, 2.05) is 6.92 Å². The molecule has 2 unspecified atom stereocenters. The number of aromatic nitrogens is 2. The number of carboxylic acids is 1. The molecule has 7 heteroatoms. The van der Waals surface area contributed by atoms with Crippen molar-refractivity contribution in [3.05, 3.63) is 18.2 Å². The number of nitrogens with one attached hydrogen (secondary N) is 3. The quantitative estimate of drug-likeness (QED) is 0.158. The molecule has 0 radical (unpaired) electrons. The zero-order valence-corrected chi connectivity index (χ0v) is 20.8. The SMILES string of the molecule is CCCCCCCCCCCCCCCC(=O)NC(C)CC1N[C@@]1(Cc1c[nH]cn1)C(=O)O. The minimum atomic E-state index is -0.969. The normalized spacial score (nSPS) is 20.5. The van der Waals surface area contributed by atoms with Crippen molar-refractivity contribution >= 4 is 11.9 Å². The number of unbranched alkanes of at least 4 members (excludes halogenated alkanes) is 12. The Balaban J connectivity index is 1.46. The van der Waals surface area contributed by atoms with Gasteiger partial charge in [-0.2, -0.15) is 0 Å². The number of aromatic amines is 1. The number of carbonyl (C=O) groups excluding carboxylic acids is 1. The minimum Gasteiger partial charge on any atom is -0.480 e. The molecule has 2 heterocycles. The number of hydrogen-bond acceptors (Lipinski definition) is 4. The maximum Gasteiger partial charge on any atom is 0.325 e. The number of H-pyrrole nitrogens is 1. The first kappa shape index (κ1) is 27.4. The lowest BCUT2D eigenvalue weighted by atomic mass is 9.95. The molecule has 1 aromatic rings. The third kappa shape index (κ3) is 10.3. The van der Waals surface area contributed by atoms with Gasteiger partial charge in [0.15, 0.2) is 0 Å². The Morgan fingerprint density at radius 3 is 2.12 bits per heavy atom. The molecule has 1 aromatic heterocycles. The summed E-state index contributed by atoms with van der Waals surface area (Å²) in [6, 6.07) is -0.212. The zero-order valence-electron chi connectivity index (χ0n) is 20.8. The molecular weight excluding hydrogens is 416 g/mol. The number of rotatable bonds is 20. The van der Waals surface area contributed by atoms with E-state index in [1.165, 1.54) is 70.6 Å². The summed E-state index contributed by atoms with van der Waals surface area (Å²) in [4.78, 5) is 31.0. The van der Waals surface area contributed by atoms with Crippen LogP contribution in [0, 0.1) is 0 Å². The topological polar surface area (TPSA) is 117 Å². The molecule has 0 aromatic carbocycles. The minimum absolute atomic E-state index is 0.0580. The largest absolute Gasteiger partial charge is 0.480 e. The van der Waals surface area contributed by atoms with Crippen molar-refractivity contribution in [3.8, 4) is 0 Å². The van der Waals surface area contributed by atoms with Gasteiger partial charge in [0.1, 0.15) is 5.54 Å². The Hall–Kier alpha value is -1.89. The third-order valence-electron chi connectivity index (χ3n) is 6.84. The number of nitrogens with zero attached hydrogens (tertiary/aromatic N) is 1. The molecule has 1 fully saturated rings. The van der Waals surface area contributed by atoms with Gasteiger partial charge in [0.05, 0.1) is 12.0 Å². The van der Waals surface area contributed by atoms with Crippen LogP contribution in [0.5, 0.6) is 0 Å². The molecule has 2 rings (SSSR count). The zero-order chi connectivity index (χ0) is 23.9. The summed E-state index contributed by atoms with van der Waals surface area (Å²) in [5, 5.41) is 15.8. The van der Waals surface area contributed by atoms with Crippen LogP contribution in [0.25, 0.3) is 0 Å². The van der Waals surface area contributed by atoms with Crippen molar-refractivity contribution in [2.45, 2.75) is 134 Å². The molecule has 7 nitrogen and oxygen atoms in total. The highest BCUT2D eigenvalue weighted by Gasteiger charge is 2.60. The first-order chi connectivity index (χ1) is 16.0. The van der Waals surface area contributed by atoms with Crippen LogP contribution in [0.4, 0.5) is 0 Å². The monoisotopic (exact) mass is 462 g/mol. The van der Waals surface area contributed by atoms with E-state index in [0.717, 1.165) is 18.5 Å². The van der Waals surface area contributed by atoms with E-state index >= 15 is 0 Å². The molecule has 4 N–H and O–H groups in total. The van der Waals surface area contributed by atoms with Gasteiger partial charge in [-0.05, 0) is 19.8 Å². The number of carbonyl (C=O) groups is 2. The van der Waals surface area contributed by atoms with E-state index in [2.05, 4.69) is 27.5 Å². The van der Waals surface area contributed by atoms with Gasteiger partial charge in [-0.15, -0.1) is 0 Å². The standard InChI is InChI=1S/C26H46N4O3/c1-3-4-5-6-7-8-9-10-11-12-13-14-15-16-24(31)29-21(2)17-23-26(30-23,25(32)33)18-22-19-27-20-28-22/h19-21,23,30H,3-18H2,1-2H3,(H,27,28)(H,29,31)(H,32,33)/t21?,23?,26-/m1/s1. The Labute approximate surface area is 199 Å². The summed E-state index contributed by atoms with van der Waals surface area (Å²) < 4.78 is 0. The Bertz CT molecular complexity index is 679. The van der Waals surface area contributed by atoms with Gasteiger partial charge < -0.3 is 15.4 Å². The van der Waals surface area contributed by atoms with Gasteiger partial charge in [0, 0.05) is 31.1 Å². The molecule has 0 aliphatic carbocycles. The number of amides is 1. The predicted octanol–water partition coefficient (Wildman–Crippen LogP) is 5.12. The van der Waals surface area contributed by atoms with Crippen molar-refractivity contribution in [2.24, 2.45) is 0 Å². The summed E-state index contributed by atoms with van der Waals surface area (Å²) in [6.07, 6.45) is 21.6. The molecule has 33 heavy (non-hydrogen) atoms. The van der Waals surface area contributed by atoms with Gasteiger partial charge in [0.25, 0.3) is 0 Å². The predicted molar refractivity (Wildman–Crippen MR) is 132 cm³/mol. The highest BCUT2D eigenvalue weighted by Crippen LogP contribution is 2.33. The molecule has 188 valence electrons. The molecule has 1 aliphatic rings. The Morgan fingerprint density at radius 1 is 1.03 bits per heavy atom. The average Bonchev–Trinajstić information content (AvgIpc) is 3.20. The second kappa shape index (κ2) is 15.1. The second-order valence-corrected chi connectivity index (χ2v) is 9.91.